The van der Waals surface area contributed by atoms with Crippen molar-refractivity contribution in [2.75, 3.05) is 33.3 Å². The maximum Gasteiger partial charge on any atom is 0.410 e. The Labute approximate surface area is 148 Å². The van der Waals surface area contributed by atoms with Crippen LogP contribution in [-0.2, 0) is 15.9 Å². The van der Waals surface area contributed by atoms with Crippen LogP contribution >= 0.6 is 0 Å². The number of carbonyl (C=O) groups is 2. The number of esters is 1. The van der Waals surface area contributed by atoms with Crippen LogP contribution in [0.25, 0.3) is 0 Å². The van der Waals surface area contributed by atoms with Crippen molar-refractivity contribution in [3.63, 3.8) is 0 Å². The van der Waals surface area contributed by atoms with Gasteiger partial charge in [-0.1, -0.05) is 6.07 Å². The Kier molecular flexibility index (Phi) is 4.73. The molecule has 25 heavy (non-hydrogen) atoms. The van der Waals surface area contributed by atoms with E-state index in [2.05, 4.69) is 4.90 Å². The lowest BCUT2D eigenvalue weighted by Gasteiger charge is -2.44. The standard InChI is InChI=1S/C19H26N2O4/c1-19(2,3)25-18(23)21-10-9-20-8-7-13-11-14(17(22)24-4)5-6-15(13)16(20)12-21/h5-6,11,16H,7-10,12H2,1-4H3/t16-/m0/s1. The van der Waals surface area contributed by atoms with Crippen LogP contribution in [0.5, 0.6) is 0 Å². The Morgan fingerprint density at radius 2 is 1.92 bits per heavy atom. The highest BCUT2D eigenvalue weighted by atomic mass is 16.6. The van der Waals surface area contributed by atoms with Gasteiger partial charge in [-0.3, -0.25) is 4.90 Å². The van der Waals surface area contributed by atoms with Crippen LogP contribution in [0.2, 0.25) is 0 Å². The lowest BCUT2D eigenvalue weighted by atomic mass is 9.89. The molecular weight excluding hydrogens is 320 g/mol. The van der Waals surface area contributed by atoms with Gasteiger partial charge in [-0.15, -0.1) is 0 Å². The molecule has 1 saturated heterocycles. The van der Waals surface area contributed by atoms with E-state index >= 15 is 0 Å². The quantitative estimate of drug-likeness (QED) is 0.732. The summed E-state index contributed by atoms with van der Waals surface area (Å²) in [7, 11) is 1.39. The number of fused-ring (bicyclic) bond motifs is 3. The number of benzene rings is 1. The molecule has 1 fully saturated rings. The molecule has 136 valence electrons. The SMILES string of the molecule is COC(=O)c1ccc2c(c1)CCN1CCN(C(=O)OC(C)(C)C)C[C@@H]21. The zero-order chi connectivity index (χ0) is 18.2. The Hall–Kier alpha value is -2.08. The van der Waals surface area contributed by atoms with Crippen LogP contribution in [0, 0.1) is 0 Å². The molecule has 0 radical (unpaired) electrons. The molecule has 0 N–H and O–H groups in total. The number of hydrogen-bond acceptors (Lipinski definition) is 5. The zero-order valence-electron chi connectivity index (χ0n) is 15.4. The highest BCUT2D eigenvalue weighted by Gasteiger charge is 2.35. The van der Waals surface area contributed by atoms with Gasteiger partial charge in [0, 0.05) is 26.2 Å². The Morgan fingerprint density at radius 3 is 2.60 bits per heavy atom. The average molecular weight is 346 g/mol. The number of rotatable bonds is 1. The molecule has 0 aromatic heterocycles. The van der Waals surface area contributed by atoms with Gasteiger partial charge in [-0.05, 0) is 50.5 Å². The van der Waals surface area contributed by atoms with E-state index in [1.165, 1.54) is 12.7 Å². The fourth-order valence-electron chi connectivity index (χ4n) is 3.53. The zero-order valence-corrected chi connectivity index (χ0v) is 15.4. The second kappa shape index (κ2) is 6.67. The van der Waals surface area contributed by atoms with Crippen LogP contribution in [0.1, 0.15) is 48.3 Å². The molecule has 0 unspecified atom stereocenters. The van der Waals surface area contributed by atoms with Crippen molar-refractivity contribution < 1.29 is 19.1 Å². The summed E-state index contributed by atoms with van der Waals surface area (Å²) in [5.41, 5.74) is 2.44. The topological polar surface area (TPSA) is 59.1 Å². The van der Waals surface area contributed by atoms with E-state index in [1.54, 1.807) is 11.0 Å². The molecule has 1 atom stereocenters. The van der Waals surface area contributed by atoms with E-state index in [4.69, 9.17) is 9.47 Å². The number of piperazine rings is 1. The van der Waals surface area contributed by atoms with Crippen LogP contribution in [0.3, 0.4) is 0 Å². The van der Waals surface area contributed by atoms with Crippen LogP contribution in [0.15, 0.2) is 18.2 Å². The molecule has 0 bridgehead atoms. The first kappa shape index (κ1) is 17.7. The average Bonchev–Trinajstić information content (AvgIpc) is 2.58. The van der Waals surface area contributed by atoms with E-state index in [0.717, 1.165) is 25.1 Å². The molecule has 3 rings (SSSR count). The van der Waals surface area contributed by atoms with Crippen LogP contribution in [0.4, 0.5) is 4.79 Å². The van der Waals surface area contributed by atoms with Gasteiger partial charge in [0.1, 0.15) is 5.60 Å². The summed E-state index contributed by atoms with van der Waals surface area (Å²) in [5, 5.41) is 0. The second-order valence-corrected chi connectivity index (χ2v) is 7.63. The third-order valence-corrected chi connectivity index (χ3v) is 4.73. The first-order valence-electron chi connectivity index (χ1n) is 8.71. The summed E-state index contributed by atoms with van der Waals surface area (Å²) >= 11 is 0. The van der Waals surface area contributed by atoms with Crippen molar-refractivity contribution >= 4 is 12.1 Å². The van der Waals surface area contributed by atoms with Gasteiger partial charge in [0.05, 0.1) is 18.7 Å². The number of amides is 1. The predicted molar refractivity (Wildman–Crippen MR) is 93.6 cm³/mol. The number of hydrogen-bond donors (Lipinski definition) is 0. The Bertz CT molecular complexity index is 680. The molecule has 2 aliphatic heterocycles. The van der Waals surface area contributed by atoms with E-state index < -0.39 is 5.60 Å². The normalized spacial score (nSPS) is 20.5. The third kappa shape index (κ3) is 3.79. The molecule has 6 nitrogen and oxygen atoms in total. The summed E-state index contributed by atoms with van der Waals surface area (Å²) < 4.78 is 10.3. The summed E-state index contributed by atoms with van der Waals surface area (Å²) in [4.78, 5) is 28.4. The van der Waals surface area contributed by atoms with E-state index in [9.17, 15) is 9.59 Å². The highest BCUT2D eigenvalue weighted by Crippen LogP contribution is 2.33. The molecule has 1 aromatic carbocycles. The minimum absolute atomic E-state index is 0.150. The summed E-state index contributed by atoms with van der Waals surface area (Å²) in [6.07, 6.45) is 0.647. The number of carbonyl (C=O) groups excluding carboxylic acids is 2. The van der Waals surface area contributed by atoms with E-state index in [0.29, 0.717) is 18.7 Å². The first-order valence-corrected chi connectivity index (χ1v) is 8.71. The molecule has 2 aliphatic rings. The minimum Gasteiger partial charge on any atom is -0.465 e. The third-order valence-electron chi connectivity index (χ3n) is 4.73. The van der Waals surface area contributed by atoms with Gasteiger partial charge in [-0.25, -0.2) is 9.59 Å². The lowest BCUT2D eigenvalue weighted by molar-refractivity contribution is 0.00194. The van der Waals surface area contributed by atoms with Gasteiger partial charge in [0.15, 0.2) is 0 Å². The van der Waals surface area contributed by atoms with Gasteiger partial charge >= 0.3 is 12.1 Å². The Balaban J connectivity index is 1.80. The van der Waals surface area contributed by atoms with Gasteiger partial charge < -0.3 is 14.4 Å². The second-order valence-electron chi connectivity index (χ2n) is 7.63. The van der Waals surface area contributed by atoms with Crippen molar-refractivity contribution in [2.24, 2.45) is 0 Å². The Morgan fingerprint density at radius 1 is 1.16 bits per heavy atom. The molecule has 0 spiro atoms. The van der Waals surface area contributed by atoms with E-state index in [1.807, 2.05) is 32.9 Å². The van der Waals surface area contributed by atoms with Gasteiger partial charge in [-0.2, -0.15) is 0 Å². The van der Waals surface area contributed by atoms with Crippen molar-refractivity contribution in [1.29, 1.82) is 0 Å². The summed E-state index contributed by atoms with van der Waals surface area (Å²) in [6.45, 7) is 8.70. The number of ether oxygens (including phenoxy) is 2. The fourth-order valence-corrected chi connectivity index (χ4v) is 3.53. The maximum absolute atomic E-state index is 12.4. The fraction of sp³-hybridized carbons (Fsp3) is 0.579. The number of methoxy groups -OCH3 is 1. The molecular formula is C19H26N2O4. The van der Waals surface area contributed by atoms with Gasteiger partial charge in [0.2, 0.25) is 0 Å². The smallest absolute Gasteiger partial charge is 0.410 e. The summed E-state index contributed by atoms with van der Waals surface area (Å²) in [6, 6.07) is 5.87. The van der Waals surface area contributed by atoms with Crippen molar-refractivity contribution in [3.05, 3.63) is 34.9 Å². The highest BCUT2D eigenvalue weighted by molar-refractivity contribution is 5.89. The molecule has 6 heteroatoms. The largest absolute Gasteiger partial charge is 0.465 e. The summed E-state index contributed by atoms with van der Waals surface area (Å²) in [5.74, 6) is -0.316. The van der Waals surface area contributed by atoms with Crippen molar-refractivity contribution in [1.82, 2.24) is 9.80 Å². The van der Waals surface area contributed by atoms with Crippen molar-refractivity contribution in [3.8, 4) is 0 Å². The monoisotopic (exact) mass is 346 g/mol. The molecule has 1 aromatic rings. The number of nitrogens with zero attached hydrogens (tertiary/aromatic N) is 2. The van der Waals surface area contributed by atoms with Crippen LogP contribution in [-0.4, -0.2) is 60.8 Å². The molecule has 0 saturated carbocycles. The predicted octanol–water partition coefficient (Wildman–Crippen LogP) is 2.62. The maximum atomic E-state index is 12.4. The van der Waals surface area contributed by atoms with Crippen LogP contribution < -0.4 is 0 Å². The molecule has 2 heterocycles. The minimum atomic E-state index is -0.492. The first-order chi connectivity index (χ1) is 11.8. The van der Waals surface area contributed by atoms with Gasteiger partial charge in [0.25, 0.3) is 0 Å². The van der Waals surface area contributed by atoms with E-state index in [-0.39, 0.29) is 18.1 Å². The lowest BCUT2D eigenvalue weighted by Crippen LogP contribution is -2.53. The van der Waals surface area contributed by atoms with Crippen molar-refractivity contribution in [2.45, 2.75) is 38.8 Å². The molecule has 1 amide bonds. The molecule has 0 aliphatic carbocycles.